The molecule has 0 aliphatic heterocycles. The van der Waals surface area contributed by atoms with E-state index >= 15 is 0 Å². The molecule has 2 aromatic rings. The van der Waals surface area contributed by atoms with Crippen LogP contribution in [0.1, 0.15) is 11.4 Å². The molecule has 0 bridgehead atoms. The SMILES string of the molecule is Cc1nn(C)c(CC(O)COc2ccccc2)c1Br. The van der Waals surface area contributed by atoms with Gasteiger partial charge in [-0.3, -0.25) is 4.68 Å². The van der Waals surface area contributed by atoms with Crippen LogP contribution in [0.25, 0.3) is 0 Å². The first-order valence-corrected chi connectivity index (χ1v) is 6.91. The fraction of sp³-hybridized carbons (Fsp3) is 0.357. The highest BCUT2D eigenvalue weighted by molar-refractivity contribution is 9.10. The molecule has 0 saturated heterocycles. The van der Waals surface area contributed by atoms with Crippen molar-refractivity contribution in [2.24, 2.45) is 7.05 Å². The third-order valence-corrected chi connectivity index (χ3v) is 3.91. The Balaban J connectivity index is 1.92. The number of nitrogens with zero attached hydrogens (tertiary/aromatic N) is 2. The molecule has 1 heterocycles. The molecule has 1 N–H and O–H groups in total. The van der Waals surface area contributed by atoms with Crippen LogP contribution in [0.2, 0.25) is 0 Å². The smallest absolute Gasteiger partial charge is 0.119 e. The molecular formula is C14H17BrN2O2. The summed E-state index contributed by atoms with van der Waals surface area (Å²) in [4.78, 5) is 0. The molecule has 5 heteroatoms. The molecule has 1 atom stereocenters. The molecule has 1 aromatic heterocycles. The van der Waals surface area contributed by atoms with Gasteiger partial charge >= 0.3 is 0 Å². The number of rotatable bonds is 5. The average Bonchev–Trinajstić information content (AvgIpc) is 2.64. The van der Waals surface area contributed by atoms with Crippen molar-refractivity contribution >= 4 is 15.9 Å². The molecule has 1 unspecified atom stereocenters. The number of aromatic nitrogens is 2. The minimum absolute atomic E-state index is 0.265. The molecule has 19 heavy (non-hydrogen) atoms. The monoisotopic (exact) mass is 324 g/mol. The lowest BCUT2D eigenvalue weighted by atomic mass is 10.2. The van der Waals surface area contributed by atoms with Crippen LogP contribution in [0.5, 0.6) is 5.75 Å². The Kier molecular flexibility index (Phi) is 4.61. The van der Waals surface area contributed by atoms with Gasteiger partial charge in [-0.15, -0.1) is 0 Å². The number of para-hydroxylation sites is 1. The molecule has 0 amide bonds. The Labute approximate surface area is 121 Å². The van der Waals surface area contributed by atoms with Crippen molar-refractivity contribution in [2.75, 3.05) is 6.61 Å². The molecule has 0 saturated carbocycles. The number of aliphatic hydroxyl groups excluding tert-OH is 1. The van der Waals surface area contributed by atoms with Gasteiger partial charge in [0.25, 0.3) is 0 Å². The number of benzene rings is 1. The van der Waals surface area contributed by atoms with Crippen LogP contribution in [0.3, 0.4) is 0 Å². The predicted molar refractivity (Wildman–Crippen MR) is 77.3 cm³/mol. The van der Waals surface area contributed by atoms with Crippen LogP contribution >= 0.6 is 15.9 Å². The van der Waals surface area contributed by atoms with Crippen LogP contribution in [0.4, 0.5) is 0 Å². The van der Waals surface area contributed by atoms with Gasteiger partial charge in [0, 0.05) is 13.5 Å². The predicted octanol–water partition coefficient (Wildman–Crippen LogP) is 2.47. The maximum atomic E-state index is 10.0. The molecule has 0 spiro atoms. The molecule has 2 rings (SSSR count). The Morgan fingerprint density at radius 2 is 2.05 bits per heavy atom. The van der Waals surface area contributed by atoms with Gasteiger partial charge in [0.2, 0.25) is 0 Å². The third kappa shape index (κ3) is 3.58. The molecule has 0 aliphatic rings. The molecular weight excluding hydrogens is 308 g/mol. The van der Waals surface area contributed by atoms with E-state index in [0.29, 0.717) is 6.42 Å². The highest BCUT2D eigenvalue weighted by Crippen LogP contribution is 2.21. The standard InChI is InChI=1S/C14H17BrN2O2/c1-10-14(15)13(17(2)16-10)8-11(18)9-19-12-6-4-3-5-7-12/h3-7,11,18H,8-9H2,1-2H3. The molecule has 1 aromatic carbocycles. The Morgan fingerprint density at radius 1 is 1.37 bits per heavy atom. The first-order valence-electron chi connectivity index (χ1n) is 6.12. The van der Waals surface area contributed by atoms with E-state index in [1.165, 1.54) is 0 Å². The van der Waals surface area contributed by atoms with Crippen molar-refractivity contribution in [2.45, 2.75) is 19.4 Å². The number of ether oxygens (including phenoxy) is 1. The zero-order chi connectivity index (χ0) is 13.8. The quantitative estimate of drug-likeness (QED) is 0.919. The second-order valence-electron chi connectivity index (χ2n) is 4.45. The Morgan fingerprint density at radius 3 is 2.63 bits per heavy atom. The third-order valence-electron chi connectivity index (χ3n) is 2.88. The van der Waals surface area contributed by atoms with Gasteiger partial charge in [0.15, 0.2) is 0 Å². The minimum Gasteiger partial charge on any atom is -0.491 e. The van der Waals surface area contributed by atoms with Crippen LogP contribution in [-0.2, 0) is 13.5 Å². The van der Waals surface area contributed by atoms with E-state index in [0.717, 1.165) is 21.6 Å². The Bertz CT molecular complexity index is 540. The summed E-state index contributed by atoms with van der Waals surface area (Å²) in [5.41, 5.74) is 1.90. The van der Waals surface area contributed by atoms with Crippen LogP contribution in [0, 0.1) is 6.92 Å². The summed E-state index contributed by atoms with van der Waals surface area (Å²) in [6.45, 7) is 2.20. The second kappa shape index (κ2) is 6.21. The highest BCUT2D eigenvalue weighted by atomic mass is 79.9. The van der Waals surface area contributed by atoms with Gasteiger partial charge in [-0.1, -0.05) is 18.2 Å². The molecule has 0 aliphatic carbocycles. The molecule has 102 valence electrons. The van der Waals surface area contributed by atoms with Crippen molar-refractivity contribution in [1.29, 1.82) is 0 Å². The van der Waals surface area contributed by atoms with Gasteiger partial charge in [0.05, 0.1) is 22.0 Å². The summed E-state index contributed by atoms with van der Waals surface area (Å²) in [5, 5.41) is 14.3. The van der Waals surface area contributed by atoms with Crippen LogP contribution in [0.15, 0.2) is 34.8 Å². The first kappa shape index (κ1) is 14.1. The zero-order valence-electron chi connectivity index (χ0n) is 11.0. The van der Waals surface area contributed by atoms with Crippen molar-refractivity contribution in [3.8, 4) is 5.75 Å². The summed E-state index contributed by atoms with van der Waals surface area (Å²) >= 11 is 3.49. The van der Waals surface area contributed by atoms with Crippen molar-refractivity contribution in [3.05, 3.63) is 46.2 Å². The number of aryl methyl sites for hydroxylation is 2. The Hall–Kier alpha value is -1.33. The van der Waals surface area contributed by atoms with Crippen molar-refractivity contribution in [1.82, 2.24) is 9.78 Å². The summed E-state index contributed by atoms with van der Waals surface area (Å²) < 4.78 is 8.27. The first-order chi connectivity index (χ1) is 9.08. The highest BCUT2D eigenvalue weighted by Gasteiger charge is 2.15. The topological polar surface area (TPSA) is 47.3 Å². The molecule has 0 fully saturated rings. The normalized spacial score (nSPS) is 12.4. The van der Waals surface area contributed by atoms with E-state index in [1.54, 1.807) is 4.68 Å². The lowest BCUT2D eigenvalue weighted by molar-refractivity contribution is 0.106. The largest absolute Gasteiger partial charge is 0.491 e. The maximum absolute atomic E-state index is 10.0. The summed E-state index contributed by atoms with van der Waals surface area (Å²) in [5.74, 6) is 0.766. The van der Waals surface area contributed by atoms with Crippen molar-refractivity contribution < 1.29 is 9.84 Å². The van der Waals surface area contributed by atoms with Gasteiger partial charge in [-0.25, -0.2) is 0 Å². The van der Waals surface area contributed by atoms with E-state index in [4.69, 9.17) is 4.74 Å². The lowest BCUT2D eigenvalue weighted by Crippen LogP contribution is -2.21. The van der Waals surface area contributed by atoms with Gasteiger partial charge in [0.1, 0.15) is 12.4 Å². The minimum atomic E-state index is -0.564. The number of halogens is 1. The van der Waals surface area contributed by atoms with Crippen molar-refractivity contribution in [3.63, 3.8) is 0 Å². The summed E-state index contributed by atoms with van der Waals surface area (Å²) in [7, 11) is 1.87. The van der Waals surface area contributed by atoms with Gasteiger partial charge < -0.3 is 9.84 Å². The van der Waals surface area contributed by atoms with E-state index in [-0.39, 0.29) is 6.61 Å². The fourth-order valence-electron chi connectivity index (χ4n) is 1.89. The number of hydrogen-bond acceptors (Lipinski definition) is 3. The average molecular weight is 325 g/mol. The molecule has 4 nitrogen and oxygen atoms in total. The lowest BCUT2D eigenvalue weighted by Gasteiger charge is -2.12. The maximum Gasteiger partial charge on any atom is 0.119 e. The second-order valence-corrected chi connectivity index (χ2v) is 5.24. The number of hydrogen-bond donors (Lipinski definition) is 1. The zero-order valence-corrected chi connectivity index (χ0v) is 12.6. The van der Waals surface area contributed by atoms with E-state index in [9.17, 15) is 5.11 Å². The van der Waals surface area contributed by atoms with E-state index in [2.05, 4.69) is 21.0 Å². The molecule has 0 radical (unpaired) electrons. The summed E-state index contributed by atoms with van der Waals surface area (Å²) in [6.07, 6.45) is -0.0589. The fourth-order valence-corrected chi connectivity index (χ4v) is 2.39. The number of aliphatic hydroxyl groups is 1. The van der Waals surface area contributed by atoms with Crippen LogP contribution < -0.4 is 4.74 Å². The van der Waals surface area contributed by atoms with Gasteiger partial charge in [-0.2, -0.15) is 5.10 Å². The van der Waals surface area contributed by atoms with Gasteiger partial charge in [-0.05, 0) is 35.0 Å². The van der Waals surface area contributed by atoms with Crippen LogP contribution in [-0.4, -0.2) is 27.6 Å². The van der Waals surface area contributed by atoms with E-state index in [1.807, 2.05) is 44.3 Å². The summed E-state index contributed by atoms with van der Waals surface area (Å²) in [6, 6.07) is 9.48. The van der Waals surface area contributed by atoms with E-state index < -0.39 is 6.10 Å².